The van der Waals surface area contributed by atoms with Crippen LogP contribution in [0.1, 0.15) is 29.9 Å². The molecule has 104 valence electrons. The number of hydrogen-bond donors (Lipinski definition) is 2. The zero-order chi connectivity index (χ0) is 14.8. The van der Waals surface area contributed by atoms with E-state index in [4.69, 9.17) is 0 Å². The summed E-state index contributed by atoms with van der Waals surface area (Å²) in [6, 6.07) is 7.15. The van der Waals surface area contributed by atoms with Gasteiger partial charge in [0.15, 0.2) is 5.92 Å². The number of rotatable bonds is 5. The van der Waals surface area contributed by atoms with Crippen molar-refractivity contribution in [3.63, 3.8) is 0 Å². The molecular formula is C16H17NO3. The Balaban J connectivity index is 2.65. The SMILES string of the molecule is C=CCC1(CC=C)NC(=O)C(C(=O)O)c2ccccc21. The molecule has 20 heavy (non-hydrogen) atoms. The second kappa shape index (κ2) is 5.33. The summed E-state index contributed by atoms with van der Waals surface area (Å²) in [5.41, 5.74) is 0.725. The van der Waals surface area contributed by atoms with Crippen LogP contribution in [0.5, 0.6) is 0 Å². The molecule has 4 nitrogen and oxygen atoms in total. The van der Waals surface area contributed by atoms with E-state index in [0.29, 0.717) is 18.4 Å². The molecule has 1 amide bonds. The standard InChI is InChI=1S/C16H17NO3/c1-3-9-16(10-4-2)12-8-6-5-7-11(12)13(15(19)20)14(18)17-16/h3-8,13H,1-2,9-10H2,(H,17,18)(H,19,20). The highest BCUT2D eigenvalue weighted by Crippen LogP contribution is 2.39. The minimum Gasteiger partial charge on any atom is -0.480 e. The van der Waals surface area contributed by atoms with Gasteiger partial charge in [-0.15, -0.1) is 13.2 Å². The zero-order valence-corrected chi connectivity index (χ0v) is 11.1. The van der Waals surface area contributed by atoms with Crippen LogP contribution in [0.2, 0.25) is 0 Å². The average molecular weight is 271 g/mol. The lowest BCUT2D eigenvalue weighted by atomic mass is 9.74. The first-order valence-electron chi connectivity index (χ1n) is 6.42. The minimum absolute atomic E-state index is 0.486. The molecule has 1 unspecified atom stereocenters. The van der Waals surface area contributed by atoms with Crippen LogP contribution < -0.4 is 5.32 Å². The van der Waals surface area contributed by atoms with E-state index in [1.165, 1.54) is 0 Å². The predicted molar refractivity (Wildman–Crippen MR) is 76.3 cm³/mol. The molecule has 0 aromatic heterocycles. The van der Waals surface area contributed by atoms with E-state index < -0.39 is 23.3 Å². The molecule has 0 aliphatic carbocycles. The number of carbonyl (C=O) groups excluding carboxylic acids is 1. The van der Waals surface area contributed by atoms with Gasteiger partial charge in [-0.1, -0.05) is 36.4 Å². The third-order valence-corrected chi connectivity index (χ3v) is 3.64. The van der Waals surface area contributed by atoms with E-state index in [1.54, 1.807) is 24.3 Å². The summed E-state index contributed by atoms with van der Waals surface area (Å²) in [4.78, 5) is 23.6. The van der Waals surface area contributed by atoms with Gasteiger partial charge in [-0.25, -0.2) is 0 Å². The van der Waals surface area contributed by atoms with Crippen molar-refractivity contribution in [3.05, 3.63) is 60.7 Å². The number of nitrogens with one attached hydrogen (secondary N) is 1. The van der Waals surface area contributed by atoms with E-state index in [0.717, 1.165) is 5.56 Å². The Labute approximate surface area is 117 Å². The fourth-order valence-electron chi connectivity index (χ4n) is 2.84. The van der Waals surface area contributed by atoms with Gasteiger partial charge in [0.1, 0.15) is 0 Å². The molecule has 2 N–H and O–H groups in total. The molecule has 4 heteroatoms. The molecule has 1 aliphatic rings. The van der Waals surface area contributed by atoms with E-state index in [9.17, 15) is 14.7 Å². The summed E-state index contributed by atoms with van der Waals surface area (Å²) in [5, 5.41) is 12.1. The van der Waals surface area contributed by atoms with Crippen LogP contribution in [0.4, 0.5) is 0 Å². The third-order valence-electron chi connectivity index (χ3n) is 3.64. The average Bonchev–Trinajstić information content (AvgIpc) is 2.39. The molecule has 0 bridgehead atoms. The van der Waals surface area contributed by atoms with Gasteiger partial charge in [-0.3, -0.25) is 9.59 Å². The monoisotopic (exact) mass is 271 g/mol. The highest BCUT2D eigenvalue weighted by Gasteiger charge is 2.44. The zero-order valence-electron chi connectivity index (χ0n) is 11.1. The van der Waals surface area contributed by atoms with E-state index >= 15 is 0 Å². The van der Waals surface area contributed by atoms with Gasteiger partial charge in [0.05, 0.1) is 5.54 Å². The Hall–Kier alpha value is -2.36. The molecule has 0 saturated carbocycles. The Morgan fingerprint density at radius 1 is 1.30 bits per heavy atom. The van der Waals surface area contributed by atoms with E-state index in [-0.39, 0.29) is 0 Å². The molecule has 0 spiro atoms. The largest absolute Gasteiger partial charge is 0.480 e. The fraction of sp³-hybridized carbons (Fsp3) is 0.250. The van der Waals surface area contributed by atoms with Crippen molar-refractivity contribution in [2.75, 3.05) is 0 Å². The van der Waals surface area contributed by atoms with Crippen LogP contribution in [0, 0.1) is 0 Å². The molecule has 0 saturated heterocycles. The number of carbonyl (C=O) groups is 2. The second-order valence-electron chi connectivity index (χ2n) is 4.92. The van der Waals surface area contributed by atoms with Crippen molar-refractivity contribution < 1.29 is 14.7 Å². The maximum absolute atomic E-state index is 12.2. The van der Waals surface area contributed by atoms with Crippen molar-refractivity contribution in [2.24, 2.45) is 0 Å². The van der Waals surface area contributed by atoms with Gasteiger partial charge in [0.25, 0.3) is 0 Å². The second-order valence-corrected chi connectivity index (χ2v) is 4.92. The number of carboxylic acid groups (broad SMARTS) is 1. The normalized spacial score (nSPS) is 19.6. The van der Waals surface area contributed by atoms with Gasteiger partial charge >= 0.3 is 5.97 Å². The van der Waals surface area contributed by atoms with Crippen molar-refractivity contribution in [1.82, 2.24) is 5.32 Å². The summed E-state index contributed by atoms with van der Waals surface area (Å²) in [7, 11) is 0. The number of aliphatic carboxylic acids is 1. The quantitative estimate of drug-likeness (QED) is 0.638. The lowest BCUT2D eigenvalue weighted by Crippen LogP contribution is -2.53. The number of amides is 1. The molecule has 1 aromatic carbocycles. The van der Waals surface area contributed by atoms with Crippen LogP contribution in [0.15, 0.2) is 49.6 Å². The van der Waals surface area contributed by atoms with E-state index in [2.05, 4.69) is 18.5 Å². The molecule has 2 rings (SSSR count). The smallest absolute Gasteiger partial charge is 0.320 e. The van der Waals surface area contributed by atoms with Crippen molar-refractivity contribution in [2.45, 2.75) is 24.3 Å². The lowest BCUT2D eigenvalue weighted by molar-refractivity contribution is -0.144. The molecule has 0 fully saturated rings. The highest BCUT2D eigenvalue weighted by atomic mass is 16.4. The number of fused-ring (bicyclic) bond motifs is 1. The molecule has 0 radical (unpaired) electrons. The van der Waals surface area contributed by atoms with Gasteiger partial charge in [0.2, 0.25) is 5.91 Å². The minimum atomic E-state index is -1.16. The molecule has 1 aromatic rings. The molecule has 1 aliphatic heterocycles. The first kappa shape index (κ1) is 14.1. The van der Waals surface area contributed by atoms with Crippen LogP contribution in [-0.2, 0) is 15.1 Å². The first-order valence-corrected chi connectivity index (χ1v) is 6.42. The number of benzene rings is 1. The predicted octanol–water partition coefficient (Wildman–Crippen LogP) is 2.33. The van der Waals surface area contributed by atoms with E-state index in [1.807, 2.05) is 12.1 Å². The summed E-state index contributed by atoms with van der Waals surface area (Å²) >= 11 is 0. The van der Waals surface area contributed by atoms with Crippen LogP contribution in [0.25, 0.3) is 0 Å². The summed E-state index contributed by atoms with van der Waals surface area (Å²) in [6.45, 7) is 7.46. The molecule has 1 atom stereocenters. The summed E-state index contributed by atoms with van der Waals surface area (Å²) in [6.07, 6.45) is 4.49. The third kappa shape index (κ3) is 2.13. The van der Waals surface area contributed by atoms with Crippen LogP contribution in [0.3, 0.4) is 0 Å². The van der Waals surface area contributed by atoms with Gasteiger partial charge < -0.3 is 10.4 Å². The Morgan fingerprint density at radius 2 is 1.90 bits per heavy atom. The van der Waals surface area contributed by atoms with Gasteiger partial charge in [-0.05, 0) is 24.0 Å². The first-order chi connectivity index (χ1) is 9.55. The van der Waals surface area contributed by atoms with Crippen molar-refractivity contribution in [1.29, 1.82) is 0 Å². The fourth-order valence-corrected chi connectivity index (χ4v) is 2.84. The highest BCUT2D eigenvalue weighted by molar-refractivity contribution is 6.04. The van der Waals surface area contributed by atoms with Crippen molar-refractivity contribution >= 4 is 11.9 Å². The Kier molecular flexibility index (Phi) is 3.74. The van der Waals surface area contributed by atoms with Gasteiger partial charge in [-0.2, -0.15) is 0 Å². The topological polar surface area (TPSA) is 66.4 Å². The summed E-state index contributed by atoms with van der Waals surface area (Å²) in [5.74, 6) is -2.78. The lowest BCUT2D eigenvalue weighted by Gasteiger charge is -2.40. The molecule has 1 heterocycles. The van der Waals surface area contributed by atoms with Gasteiger partial charge in [0, 0.05) is 0 Å². The van der Waals surface area contributed by atoms with Crippen LogP contribution in [-0.4, -0.2) is 17.0 Å². The summed E-state index contributed by atoms with van der Waals surface area (Å²) < 4.78 is 0. The molecular weight excluding hydrogens is 254 g/mol. The van der Waals surface area contributed by atoms with Crippen LogP contribution >= 0.6 is 0 Å². The Bertz CT molecular complexity index is 567. The number of carboxylic acids is 1. The van der Waals surface area contributed by atoms with Crippen molar-refractivity contribution in [3.8, 4) is 0 Å². The number of hydrogen-bond acceptors (Lipinski definition) is 2. The maximum atomic E-state index is 12.2. The maximum Gasteiger partial charge on any atom is 0.320 e. The Morgan fingerprint density at radius 3 is 2.45 bits per heavy atom.